The van der Waals surface area contributed by atoms with Crippen molar-refractivity contribution in [2.24, 2.45) is 0 Å². The number of nitrogens with one attached hydrogen (secondary N) is 1. The maximum Gasteiger partial charge on any atom is 0.127 e. The molecule has 1 aromatic rings. The van der Waals surface area contributed by atoms with Crippen LogP contribution in [-0.4, -0.2) is 31.0 Å². The third-order valence-electron chi connectivity index (χ3n) is 3.23. The van der Waals surface area contributed by atoms with Crippen molar-refractivity contribution in [2.75, 3.05) is 13.7 Å². The van der Waals surface area contributed by atoms with Gasteiger partial charge in [0.15, 0.2) is 0 Å². The molecule has 4 nitrogen and oxygen atoms in total. The Hall–Kier alpha value is -1.26. The van der Waals surface area contributed by atoms with E-state index in [1.807, 2.05) is 18.2 Å². The Labute approximate surface area is 114 Å². The molecule has 0 saturated heterocycles. The Morgan fingerprint density at radius 1 is 1.42 bits per heavy atom. The van der Waals surface area contributed by atoms with E-state index >= 15 is 0 Å². The predicted octanol–water partition coefficient (Wildman–Crippen LogP) is 2.10. The van der Waals surface area contributed by atoms with E-state index in [1.54, 1.807) is 14.0 Å². The molecule has 19 heavy (non-hydrogen) atoms. The molecular weight excluding hydrogens is 242 g/mol. The zero-order chi connectivity index (χ0) is 13.7. The SMILES string of the molecule is COc1ccc(CNC2CC2)c(OCCC(C)O)c1. The van der Waals surface area contributed by atoms with Gasteiger partial charge in [0.2, 0.25) is 0 Å². The van der Waals surface area contributed by atoms with E-state index in [9.17, 15) is 5.11 Å². The smallest absolute Gasteiger partial charge is 0.127 e. The first-order chi connectivity index (χ1) is 9.19. The number of ether oxygens (including phenoxy) is 2. The van der Waals surface area contributed by atoms with Crippen LogP contribution in [-0.2, 0) is 6.54 Å². The van der Waals surface area contributed by atoms with Gasteiger partial charge in [-0.25, -0.2) is 0 Å². The van der Waals surface area contributed by atoms with Gasteiger partial charge in [0.05, 0.1) is 19.8 Å². The summed E-state index contributed by atoms with van der Waals surface area (Å²) >= 11 is 0. The van der Waals surface area contributed by atoms with Crippen molar-refractivity contribution < 1.29 is 14.6 Å². The third kappa shape index (κ3) is 4.73. The quantitative estimate of drug-likeness (QED) is 0.756. The fraction of sp³-hybridized carbons (Fsp3) is 0.600. The fourth-order valence-electron chi connectivity index (χ4n) is 1.82. The number of benzene rings is 1. The van der Waals surface area contributed by atoms with Crippen LogP contribution in [0.1, 0.15) is 31.7 Å². The monoisotopic (exact) mass is 265 g/mol. The minimum Gasteiger partial charge on any atom is -0.497 e. The molecule has 0 aromatic heterocycles. The minimum atomic E-state index is -0.335. The number of hydrogen-bond donors (Lipinski definition) is 2. The van der Waals surface area contributed by atoms with Crippen molar-refractivity contribution in [3.05, 3.63) is 23.8 Å². The standard InChI is InChI=1S/C15H23NO3/c1-11(17)7-8-19-15-9-14(18-2)6-3-12(15)10-16-13-4-5-13/h3,6,9,11,13,16-17H,4-5,7-8,10H2,1-2H3. The van der Waals surface area contributed by atoms with E-state index in [1.165, 1.54) is 12.8 Å². The van der Waals surface area contributed by atoms with Crippen molar-refractivity contribution >= 4 is 0 Å². The van der Waals surface area contributed by atoms with Crippen molar-refractivity contribution in [1.29, 1.82) is 0 Å². The third-order valence-corrected chi connectivity index (χ3v) is 3.23. The predicted molar refractivity (Wildman–Crippen MR) is 74.6 cm³/mol. The van der Waals surface area contributed by atoms with E-state index in [2.05, 4.69) is 5.32 Å². The fourth-order valence-corrected chi connectivity index (χ4v) is 1.82. The summed E-state index contributed by atoms with van der Waals surface area (Å²) in [6, 6.07) is 6.57. The van der Waals surface area contributed by atoms with Gasteiger partial charge in [0, 0.05) is 30.6 Å². The van der Waals surface area contributed by atoms with E-state index in [-0.39, 0.29) is 6.10 Å². The van der Waals surface area contributed by atoms with Gasteiger partial charge in [0.25, 0.3) is 0 Å². The van der Waals surface area contributed by atoms with Crippen molar-refractivity contribution in [3.8, 4) is 11.5 Å². The Morgan fingerprint density at radius 2 is 2.21 bits per heavy atom. The summed E-state index contributed by atoms with van der Waals surface area (Å²) in [5, 5.41) is 12.7. The van der Waals surface area contributed by atoms with Crippen molar-refractivity contribution in [1.82, 2.24) is 5.32 Å². The number of hydrogen-bond acceptors (Lipinski definition) is 4. The molecule has 106 valence electrons. The molecule has 1 fully saturated rings. The number of aliphatic hydroxyl groups is 1. The molecule has 0 bridgehead atoms. The molecule has 2 rings (SSSR count). The summed E-state index contributed by atoms with van der Waals surface area (Å²) in [5.41, 5.74) is 1.14. The summed E-state index contributed by atoms with van der Waals surface area (Å²) in [7, 11) is 1.65. The molecule has 4 heteroatoms. The highest BCUT2D eigenvalue weighted by atomic mass is 16.5. The zero-order valence-electron chi connectivity index (χ0n) is 11.7. The molecule has 1 aromatic carbocycles. The van der Waals surface area contributed by atoms with Gasteiger partial charge in [-0.15, -0.1) is 0 Å². The van der Waals surface area contributed by atoms with Gasteiger partial charge in [-0.3, -0.25) is 0 Å². The number of methoxy groups -OCH3 is 1. The van der Waals surface area contributed by atoms with E-state index < -0.39 is 0 Å². The zero-order valence-corrected chi connectivity index (χ0v) is 11.7. The molecular formula is C15H23NO3. The van der Waals surface area contributed by atoms with E-state index in [4.69, 9.17) is 9.47 Å². The lowest BCUT2D eigenvalue weighted by molar-refractivity contribution is 0.155. The van der Waals surface area contributed by atoms with Crippen LogP contribution < -0.4 is 14.8 Å². The van der Waals surface area contributed by atoms with Crippen LogP contribution in [0.5, 0.6) is 11.5 Å². The molecule has 0 aliphatic heterocycles. The first-order valence-corrected chi connectivity index (χ1v) is 6.90. The minimum absolute atomic E-state index is 0.335. The Bertz CT molecular complexity index is 402. The average Bonchev–Trinajstić information content (AvgIpc) is 3.20. The highest BCUT2D eigenvalue weighted by Crippen LogP contribution is 2.26. The van der Waals surface area contributed by atoms with Crippen LogP contribution in [0.15, 0.2) is 18.2 Å². The molecule has 1 aliphatic rings. The van der Waals surface area contributed by atoms with Crippen LogP contribution in [0.25, 0.3) is 0 Å². The van der Waals surface area contributed by atoms with Crippen LogP contribution in [0.3, 0.4) is 0 Å². The van der Waals surface area contributed by atoms with E-state index in [0.717, 1.165) is 23.6 Å². The first kappa shape index (κ1) is 14.2. The average molecular weight is 265 g/mol. The molecule has 1 atom stereocenters. The summed E-state index contributed by atoms with van der Waals surface area (Å²) < 4.78 is 11.0. The molecule has 0 radical (unpaired) electrons. The topological polar surface area (TPSA) is 50.7 Å². The normalized spacial score (nSPS) is 16.2. The van der Waals surface area contributed by atoms with Crippen LogP contribution >= 0.6 is 0 Å². The Balaban J connectivity index is 1.97. The lowest BCUT2D eigenvalue weighted by atomic mass is 10.2. The maximum absolute atomic E-state index is 9.27. The molecule has 1 aliphatic carbocycles. The summed E-state index contributed by atoms with van der Waals surface area (Å²) in [6.45, 7) is 3.10. The van der Waals surface area contributed by atoms with Crippen LogP contribution in [0, 0.1) is 0 Å². The summed E-state index contributed by atoms with van der Waals surface area (Å²) in [6.07, 6.45) is 2.84. The maximum atomic E-state index is 9.27. The largest absolute Gasteiger partial charge is 0.497 e. The lowest BCUT2D eigenvalue weighted by Crippen LogP contribution is -2.16. The second-order valence-corrected chi connectivity index (χ2v) is 5.11. The molecule has 1 unspecified atom stereocenters. The van der Waals surface area contributed by atoms with Gasteiger partial charge in [-0.1, -0.05) is 6.07 Å². The number of rotatable bonds is 8. The van der Waals surface area contributed by atoms with Crippen molar-refractivity contribution in [2.45, 2.75) is 44.9 Å². The van der Waals surface area contributed by atoms with Gasteiger partial charge in [-0.05, 0) is 25.8 Å². The van der Waals surface area contributed by atoms with Crippen LogP contribution in [0.4, 0.5) is 0 Å². The molecule has 0 amide bonds. The number of aliphatic hydroxyl groups excluding tert-OH is 1. The van der Waals surface area contributed by atoms with Gasteiger partial charge < -0.3 is 19.9 Å². The van der Waals surface area contributed by atoms with E-state index in [0.29, 0.717) is 19.1 Å². The Kier molecular flexibility index (Phi) is 5.05. The molecule has 1 saturated carbocycles. The Morgan fingerprint density at radius 3 is 2.84 bits per heavy atom. The van der Waals surface area contributed by atoms with Gasteiger partial charge >= 0.3 is 0 Å². The lowest BCUT2D eigenvalue weighted by Gasteiger charge is -2.14. The van der Waals surface area contributed by atoms with Gasteiger partial charge in [-0.2, -0.15) is 0 Å². The summed E-state index contributed by atoms with van der Waals surface area (Å²) in [4.78, 5) is 0. The van der Waals surface area contributed by atoms with Gasteiger partial charge in [0.1, 0.15) is 11.5 Å². The van der Waals surface area contributed by atoms with Crippen molar-refractivity contribution in [3.63, 3.8) is 0 Å². The second-order valence-electron chi connectivity index (χ2n) is 5.11. The van der Waals surface area contributed by atoms with Crippen LogP contribution in [0.2, 0.25) is 0 Å². The highest BCUT2D eigenvalue weighted by molar-refractivity contribution is 5.40. The second kappa shape index (κ2) is 6.78. The molecule has 0 heterocycles. The highest BCUT2D eigenvalue weighted by Gasteiger charge is 2.20. The summed E-state index contributed by atoms with van der Waals surface area (Å²) in [5.74, 6) is 1.63. The first-order valence-electron chi connectivity index (χ1n) is 6.90. The molecule has 2 N–H and O–H groups in total. The molecule has 0 spiro atoms.